The molecule has 0 spiro atoms. The van der Waals surface area contributed by atoms with Crippen molar-refractivity contribution in [2.45, 2.75) is 72.3 Å². The van der Waals surface area contributed by atoms with Crippen molar-refractivity contribution in [3.05, 3.63) is 0 Å². The van der Waals surface area contributed by atoms with Crippen molar-refractivity contribution in [3.8, 4) is 0 Å². The van der Waals surface area contributed by atoms with Gasteiger partial charge in [-0.3, -0.25) is 4.79 Å². The second kappa shape index (κ2) is 4.71. The highest BCUT2D eigenvalue weighted by molar-refractivity contribution is 5.83. The second-order valence-electron chi connectivity index (χ2n) is 9.42. The van der Waals surface area contributed by atoms with Gasteiger partial charge in [-0.1, -0.05) is 27.7 Å². The summed E-state index contributed by atoms with van der Waals surface area (Å²) in [5, 5.41) is 12.7. The zero-order valence-electron chi connectivity index (χ0n) is 14.0. The first-order valence-corrected chi connectivity index (χ1v) is 8.61. The summed E-state index contributed by atoms with van der Waals surface area (Å²) in [6, 6.07) is -0.105. The summed E-state index contributed by atoms with van der Waals surface area (Å²) in [6.45, 7) is 8.94. The predicted octanol–water partition coefficient (Wildman–Crippen LogP) is 3.12. The lowest BCUT2D eigenvalue weighted by Gasteiger charge is -2.64. The quantitative estimate of drug-likeness (QED) is 0.836. The molecule has 0 aromatic rings. The van der Waals surface area contributed by atoms with Gasteiger partial charge in [-0.25, -0.2) is 0 Å². The third kappa shape index (κ3) is 2.52. The van der Waals surface area contributed by atoms with Crippen LogP contribution in [0.4, 0.5) is 0 Å². The molecular weight excluding hydrogens is 262 g/mol. The molecule has 4 fully saturated rings. The van der Waals surface area contributed by atoms with Crippen LogP contribution in [0, 0.1) is 28.1 Å². The highest BCUT2D eigenvalue weighted by Crippen LogP contribution is 2.69. The van der Waals surface area contributed by atoms with Crippen LogP contribution in [0.5, 0.6) is 0 Å². The van der Waals surface area contributed by atoms with E-state index in [4.69, 9.17) is 0 Å². The minimum atomic E-state index is -0.161. The summed E-state index contributed by atoms with van der Waals surface area (Å²) in [5.74, 6) is 1.23. The van der Waals surface area contributed by atoms with Gasteiger partial charge in [0.15, 0.2) is 0 Å². The molecule has 4 bridgehead atoms. The third-order valence-corrected chi connectivity index (χ3v) is 6.43. The lowest BCUT2D eigenvalue weighted by Crippen LogP contribution is -2.61. The van der Waals surface area contributed by atoms with Crippen molar-refractivity contribution in [1.82, 2.24) is 5.32 Å². The summed E-state index contributed by atoms with van der Waals surface area (Å²) in [4.78, 5) is 13.0. The Labute approximate surface area is 128 Å². The van der Waals surface area contributed by atoms with E-state index in [2.05, 4.69) is 33.0 Å². The maximum atomic E-state index is 13.0. The summed E-state index contributed by atoms with van der Waals surface area (Å²) < 4.78 is 0. The van der Waals surface area contributed by atoms with E-state index in [0.717, 1.165) is 25.2 Å². The van der Waals surface area contributed by atoms with Crippen LogP contribution in [0.3, 0.4) is 0 Å². The fourth-order valence-corrected chi connectivity index (χ4v) is 6.45. The van der Waals surface area contributed by atoms with Gasteiger partial charge in [0.2, 0.25) is 5.91 Å². The summed E-state index contributed by atoms with van der Waals surface area (Å²) >= 11 is 0. The fourth-order valence-electron chi connectivity index (χ4n) is 6.45. The Balaban J connectivity index is 1.82. The number of nitrogens with one attached hydrogen (secondary N) is 1. The molecule has 4 saturated carbocycles. The number of aliphatic hydroxyl groups is 1. The molecule has 1 amide bonds. The second-order valence-corrected chi connectivity index (χ2v) is 9.42. The Morgan fingerprint density at radius 3 is 2.14 bits per heavy atom. The van der Waals surface area contributed by atoms with Crippen LogP contribution in [0.15, 0.2) is 0 Å². The van der Waals surface area contributed by atoms with E-state index in [-0.39, 0.29) is 29.9 Å². The molecule has 21 heavy (non-hydrogen) atoms. The molecule has 3 nitrogen and oxygen atoms in total. The first-order chi connectivity index (χ1) is 9.69. The number of carbonyl (C=O) groups is 1. The lowest BCUT2D eigenvalue weighted by atomic mass is 9.40. The first-order valence-electron chi connectivity index (χ1n) is 8.61. The minimum absolute atomic E-state index is 0.0391. The number of hydrogen-bond acceptors (Lipinski definition) is 2. The summed E-state index contributed by atoms with van der Waals surface area (Å²) in [6.07, 6.45) is 7.08. The average molecular weight is 293 g/mol. The Bertz CT molecular complexity index is 426. The van der Waals surface area contributed by atoms with Gasteiger partial charge < -0.3 is 10.4 Å². The van der Waals surface area contributed by atoms with E-state index >= 15 is 0 Å². The van der Waals surface area contributed by atoms with Crippen LogP contribution in [0.25, 0.3) is 0 Å². The highest BCUT2D eigenvalue weighted by atomic mass is 16.3. The van der Waals surface area contributed by atoms with E-state index in [9.17, 15) is 9.90 Å². The van der Waals surface area contributed by atoms with Crippen LogP contribution in [0.1, 0.15) is 66.2 Å². The predicted molar refractivity (Wildman–Crippen MR) is 83.7 cm³/mol. The molecule has 0 aliphatic heterocycles. The molecule has 3 heteroatoms. The van der Waals surface area contributed by atoms with Crippen molar-refractivity contribution >= 4 is 5.91 Å². The van der Waals surface area contributed by atoms with Gasteiger partial charge in [0.25, 0.3) is 0 Å². The zero-order chi connectivity index (χ0) is 15.5. The molecule has 120 valence electrons. The molecule has 4 aliphatic carbocycles. The molecule has 4 aliphatic rings. The van der Waals surface area contributed by atoms with Gasteiger partial charge >= 0.3 is 0 Å². The van der Waals surface area contributed by atoms with Gasteiger partial charge in [0.1, 0.15) is 0 Å². The SMILES string of the molecule is CC(C)C(CO)NC(=O)C12CC3CC(C)(CC(C)(C3)C1)C2. The van der Waals surface area contributed by atoms with E-state index in [1.807, 2.05) is 0 Å². The third-order valence-electron chi connectivity index (χ3n) is 6.43. The summed E-state index contributed by atoms with van der Waals surface area (Å²) in [7, 11) is 0. The Morgan fingerprint density at radius 2 is 1.71 bits per heavy atom. The first kappa shape index (κ1) is 15.3. The molecule has 0 aromatic carbocycles. The summed E-state index contributed by atoms with van der Waals surface area (Å²) in [5.41, 5.74) is 0.557. The number of aliphatic hydroxyl groups excluding tert-OH is 1. The van der Waals surface area contributed by atoms with Crippen LogP contribution in [0.2, 0.25) is 0 Å². The number of carbonyl (C=O) groups excluding carboxylic acids is 1. The molecule has 4 rings (SSSR count). The van der Waals surface area contributed by atoms with E-state index < -0.39 is 0 Å². The average Bonchev–Trinajstić information content (AvgIpc) is 2.30. The number of hydrogen-bond donors (Lipinski definition) is 2. The highest BCUT2D eigenvalue weighted by Gasteiger charge is 2.62. The normalized spacial score (nSPS) is 45.9. The standard InChI is InChI=1S/C18H31NO2/c1-12(2)14(8-20)19-15(21)18-7-13-5-16(3,10-18)9-17(4,6-13)11-18/h12-14,20H,5-11H2,1-4H3,(H,19,21). The topological polar surface area (TPSA) is 49.3 Å². The number of amides is 1. The van der Waals surface area contributed by atoms with Crippen LogP contribution in [-0.4, -0.2) is 23.7 Å². The van der Waals surface area contributed by atoms with Crippen LogP contribution in [-0.2, 0) is 4.79 Å². The molecule has 3 unspecified atom stereocenters. The molecule has 2 N–H and O–H groups in total. The van der Waals surface area contributed by atoms with Crippen molar-refractivity contribution in [2.24, 2.45) is 28.1 Å². The molecule has 0 heterocycles. The maximum absolute atomic E-state index is 13.0. The van der Waals surface area contributed by atoms with Gasteiger partial charge in [0.05, 0.1) is 18.1 Å². The maximum Gasteiger partial charge on any atom is 0.226 e. The Morgan fingerprint density at radius 1 is 1.14 bits per heavy atom. The zero-order valence-corrected chi connectivity index (χ0v) is 14.0. The smallest absolute Gasteiger partial charge is 0.226 e. The van der Waals surface area contributed by atoms with Gasteiger partial charge in [-0.05, 0) is 61.2 Å². The van der Waals surface area contributed by atoms with Crippen LogP contribution < -0.4 is 5.32 Å². The van der Waals surface area contributed by atoms with Gasteiger partial charge in [0, 0.05) is 0 Å². The Hall–Kier alpha value is -0.570. The van der Waals surface area contributed by atoms with Crippen molar-refractivity contribution in [3.63, 3.8) is 0 Å². The van der Waals surface area contributed by atoms with Crippen molar-refractivity contribution in [2.75, 3.05) is 6.61 Å². The van der Waals surface area contributed by atoms with E-state index in [1.54, 1.807) is 0 Å². The fraction of sp³-hybridized carbons (Fsp3) is 0.944. The minimum Gasteiger partial charge on any atom is -0.394 e. The van der Waals surface area contributed by atoms with Crippen molar-refractivity contribution < 1.29 is 9.90 Å². The Kier molecular flexibility index (Phi) is 3.44. The molecule has 0 aromatic heterocycles. The van der Waals surface area contributed by atoms with Gasteiger partial charge in [-0.2, -0.15) is 0 Å². The lowest BCUT2D eigenvalue weighted by molar-refractivity contribution is -0.171. The molecular formula is C18H31NO2. The monoisotopic (exact) mass is 293 g/mol. The number of rotatable bonds is 4. The molecule has 3 atom stereocenters. The molecule has 0 saturated heterocycles. The van der Waals surface area contributed by atoms with Gasteiger partial charge in [-0.15, -0.1) is 0 Å². The largest absolute Gasteiger partial charge is 0.394 e. The van der Waals surface area contributed by atoms with Crippen LogP contribution >= 0.6 is 0 Å². The van der Waals surface area contributed by atoms with Crippen molar-refractivity contribution in [1.29, 1.82) is 0 Å². The molecule has 0 radical (unpaired) electrons. The van der Waals surface area contributed by atoms with E-state index in [0.29, 0.717) is 10.8 Å². The van der Waals surface area contributed by atoms with E-state index in [1.165, 1.54) is 19.3 Å².